The minimum atomic E-state index is -4.92. The van der Waals surface area contributed by atoms with Crippen LogP contribution in [0.25, 0.3) is 0 Å². The maximum Gasteiger partial charge on any atom is 0.573 e. The monoisotopic (exact) mass is 313 g/mol. The van der Waals surface area contributed by atoms with Gasteiger partial charge in [-0.25, -0.2) is 0 Å². The van der Waals surface area contributed by atoms with E-state index in [9.17, 15) is 18.0 Å². The minimum absolute atomic E-state index is 0.0342. The Morgan fingerprint density at radius 1 is 1.40 bits per heavy atom. The third-order valence-electron chi connectivity index (χ3n) is 2.29. The summed E-state index contributed by atoms with van der Waals surface area (Å²) in [5.74, 6) is -1.83. The average Bonchev–Trinajstić information content (AvgIpc) is 2.37. The van der Waals surface area contributed by atoms with Crippen molar-refractivity contribution in [1.29, 1.82) is 0 Å². The van der Waals surface area contributed by atoms with Crippen LogP contribution in [-0.2, 0) is 21.8 Å². The van der Waals surface area contributed by atoms with Gasteiger partial charge in [0.2, 0.25) is 0 Å². The lowest BCUT2D eigenvalue weighted by atomic mass is 10.1. The molecular weight excluding hydrogens is 303 g/mol. The number of pyridine rings is 1. The summed E-state index contributed by atoms with van der Waals surface area (Å²) in [7, 11) is 2.32. The second-order valence-corrected chi connectivity index (χ2v) is 3.78. The maximum atomic E-state index is 12.4. The molecule has 0 bridgehead atoms. The molecule has 0 radical (unpaired) electrons. The molecule has 112 valence electrons. The molecule has 0 saturated heterocycles. The fourth-order valence-electron chi connectivity index (χ4n) is 1.42. The summed E-state index contributed by atoms with van der Waals surface area (Å²) in [4.78, 5) is 15.0. The number of rotatable bonds is 5. The zero-order valence-corrected chi connectivity index (χ0v) is 11.3. The van der Waals surface area contributed by atoms with Gasteiger partial charge in [-0.15, -0.1) is 24.8 Å². The number of hydrogen-bond acceptors (Lipinski definition) is 5. The number of esters is 1. The van der Waals surface area contributed by atoms with Crippen LogP contribution in [0.3, 0.4) is 0 Å². The first-order chi connectivity index (χ1) is 9.32. The van der Waals surface area contributed by atoms with Gasteiger partial charge in [0.15, 0.2) is 11.5 Å². The molecule has 1 heterocycles. The van der Waals surface area contributed by atoms with Crippen molar-refractivity contribution >= 4 is 17.6 Å². The van der Waals surface area contributed by atoms with Gasteiger partial charge in [0.1, 0.15) is 0 Å². The van der Waals surface area contributed by atoms with E-state index in [-0.39, 0.29) is 29.3 Å². The number of nitrogens with zero attached hydrogens (tertiary/aromatic N) is 1. The zero-order chi connectivity index (χ0) is 15.3. The average molecular weight is 314 g/mol. The van der Waals surface area contributed by atoms with Crippen LogP contribution in [0.2, 0.25) is 0 Å². The topological polar surface area (TPSA) is 57.7 Å². The number of methoxy groups -OCH3 is 2. The van der Waals surface area contributed by atoms with Gasteiger partial charge in [0.05, 0.1) is 38.4 Å². The fraction of sp³-hybridized carbons (Fsp3) is 0.455. The lowest BCUT2D eigenvalue weighted by Crippen LogP contribution is -2.20. The molecule has 5 nitrogen and oxygen atoms in total. The lowest BCUT2D eigenvalue weighted by molar-refractivity contribution is -0.275. The highest BCUT2D eigenvalue weighted by molar-refractivity contribution is 6.17. The molecule has 1 aromatic heterocycles. The molecular formula is C11H11ClF3NO4. The van der Waals surface area contributed by atoms with Crippen LogP contribution in [0.1, 0.15) is 11.3 Å². The van der Waals surface area contributed by atoms with Gasteiger partial charge in [-0.2, -0.15) is 0 Å². The van der Waals surface area contributed by atoms with Crippen molar-refractivity contribution in [3.63, 3.8) is 0 Å². The van der Waals surface area contributed by atoms with Crippen molar-refractivity contribution in [2.75, 3.05) is 14.2 Å². The Balaban J connectivity index is 3.28. The lowest BCUT2D eigenvalue weighted by Gasteiger charge is -2.17. The minimum Gasteiger partial charge on any atom is -0.491 e. The molecule has 0 aliphatic rings. The third kappa shape index (κ3) is 4.16. The van der Waals surface area contributed by atoms with Crippen LogP contribution < -0.4 is 9.47 Å². The number of hydrogen-bond donors (Lipinski definition) is 0. The Morgan fingerprint density at radius 3 is 2.50 bits per heavy atom. The van der Waals surface area contributed by atoms with Gasteiger partial charge in [0, 0.05) is 5.56 Å². The zero-order valence-electron chi connectivity index (χ0n) is 10.6. The van der Waals surface area contributed by atoms with E-state index in [1.807, 2.05) is 0 Å². The summed E-state index contributed by atoms with van der Waals surface area (Å²) < 4.78 is 50.3. The van der Waals surface area contributed by atoms with Crippen LogP contribution in [0.5, 0.6) is 11.5 Å². The van der Waals surface area contributed by atoms with Crippen molar-refractivity contribution in [2.45, 2.75) is 18.7 Å². The highest BCUT2D eigenvalue weighted by Crippen LogP contribution is 2.37. The molecule has 0 N–H and O–H groups in total. The quantitative estimate of drug-likeness (QED) is 0.617. The Labute approximate surface area is 117 Å². The van der Waals surface area contributed by atoms with Gasteiger partial charge < -0.3 is 14.2 Å². The number of aromatic nitrogens is 1. The molecule has 9 heteroatoms. The summed E-state index contributed by atoms with van der Waals surface area (Å²) in [6.45, 7) is 0. The summed E-state index contributed by atoms with van der Waals surface area (Å²) >= 11 is 5.63. The molecule has 0 unspecified atom stereocenters. The Hall–Kier alpha value is -1.70. The molecule has 0 amide bonds. The van der Waals surface area contributed by atoms with Crippen LogP contribution in [0, 0.1) is 0 Å². The van der Waals surface area contributed by atoms with Crippen LogP contribution >= 0.6 is 11.6 Å². The Bertz CT molecular complexity index is 493. The van der Waals surface area contributed by atoms with E-state index in [4.69, 9.17) is 16.3 Å². The fourth-order valence-corrected chi connectivity index (χ4v) is 1.70. The molecule has 0 spiro atoms. The van der Waals surface area contributed by atoms with E-state index < -0.39 is 18.1 Å². The van der Waals surface area contributed by atoms with E-state index in [2.05, 4.69) is 14.5 Å². The van der Waals surface area contributed by atoms with E-state index in [0.717, 1.165) is 20.4 Å². The second-order valence-electron chi connectivity index (χ2n) is 3.52. The largest absolute Gasteiger partial charge is 0.573 e. The molecule has 0 atom stereocenters. The van der Waals surface area contributed by atoms with Gasteiger partial charge in [-0.3, -0.25) is 9.78 Å². The molecule has 0 aromatic carbocycles. The molecule has 1 aromatic rings. The molecule has 0 fully saturated rings. The highest BCUT2D eigenvalue weighted by Gasteiger charge is 2.34. The first-order valence-electron chi connectivity index (χ1n) is 5.25. The van der Waals surface area contributed by atoms with Gasteiger partial charge in [0.25, 0.3) is 0 Å². The number of carbonyl (C=O) groups excluding carboxylic acids is 1. The predicted octanol–water partition coefficient (Wildman–Crippen LogP) is 2.44. The van der Waals surface area contributed by atoms with E-state index >= 15 is 0 Å². The third-order valence-corrected chi connectivity index (χ3v) is 2.56. The normalized spacial score (nSPS) is 11.1. The van der Waals surface area contributed by atoms with Crippen molar-refractivity contribution < 1.29 is 32.2 Å². The SMILES string of the molecule is COC(=O)Cc1ncc(OC)c(OC(F)(F)F)c1CCl. The van der Waals surface area contributed by atoms with E-state index in [0.29, 0.717) is 0 Å². The Morgan fingerprint density at radius 2 is 2.05 bits per heavy atom. The summed E-state index contributed by atoms with van der Waals surface area (Å²) in [5, 5.41) is 0. The van der Waals surface area contributed by atoms with Gasteiger partial charge in [-0.05, 0) is 0 Å². The number of halogens is 4. The first-order valence-corrected chi connectivity index (χ1v) is 5.79. The van der Waals surface area contributed by atoms with Crippen LogP contribution in [0.4, 0.5) is 13.2 Å². The van der Waals surface area contributed by atoms with Gasteiger partial charge in [-0.1, -0.05) is 0 Å². The maximum absolute atomic E-state index is 12.4. The second kappa shape index (κ2) is 6.65. The Kier molecular flexibility index (Phi) is 5.43. The molecule has 0 aliphatic heterocycles. The van der Waals surface area contributed by atoms with Crippen molar-refractivity contribution in [3.05, 3.63) is 17.5 Å². The predicted molar refractivity (Wildman–Crippen MR) is 62.7 cm³/mol. The molecule has 1 rings (SSSR count). The van der Waals surface area contributed by atoms with Crippen molar-refractivity contribution in [2.24, 2.45) is 0 Å². The molecule has 20 heavy (non-hydrogen) atoms. The number of carbonyl (C=O) groups is 1. The molecule has 0 saturated carbocycles. The van der Waals surface area contributed by atoms with Crippen LogP contribution in [0.15, 0.2) is 6.20 Å². The summed E-state index contributed by atoms with van der Waals surface area (Å²) in [6.07, 6.45) is -4.22. The summed E-state index contributed by atoms with van der Waals surface area (Å²) in [6, 6.07) is 0. The highest BCUT2D eigenvalue weighted by atomic mass is 35.5. The van der Waals surface area contributed by atoms with E-state index in [1.165, 1.54) is 0 Å². The van der Waals surface area contributed by atoms with E-state index in [1.54, 1.807) is 0 Å². The number of ether oxygens (including phenoxy) is 3. The molecule has 0 aliphatic carbocycles. The van der Waals surface area contributed by atoms with Crippen molar-refractivity contribution in [1.82, 2.24) is 4.98 Å². The first kappa shape index (κ1) is 16.4. The van der Waals surface area contributed by atoms with Crippen LogP contribution in [-0.4, -0.2) is 31.5 Å². The van der Waals surface area contributed by atoms with Gasteiger partial charge >= 0.3 is 12.3 Å². The van der Waals surface area contributed by atoms with Crippen molar-refractivity contribution in [3.8, 4) is 11.5 Å². The smallest absolute Gasteiger partial charge is 0.491 e. The summed E-state index contributed by atoms with van der Waals surface area (Å²) in [5.41, 5.74) is -0.0411. The standard InChI is InChI=1S/C11H11ClF3NO4/c1-18-8-5-16-7(3-9(17)19-2)6(4-12)10(8)20-11(13,14)15/h5H,3-4H2,1-2H3. The number of alkyl halides is 4.